The quantitative estimate of drug-likeness (QED) is 0.288. The van der Waals surface area contributed by atoms with Gasteiger partial charge in [0.2, 0.25) is 0 Å². The average Bonchev–Trinajstić information content (AvgIpc) is 2.96. The molecule has 1 aromatic heterocycles. The van der Waals surface area contributed by atoms with E-state index in [1.165, 1.54) is 17.0 Å². The molecule has 0 bridgehead atoms. The van der Waals surface area contributed by atoms with Crippen molar-refractivity contribution >= 4 is 40.8 Å². The van der Waals surface area contributed by atoms with E-state index in [9.17, 15) is 8.78 Å². The number of guanidine groups is 1. The van der Waals surface area contributed by atoms with Gasteiger partial charge in [0.05, 0.1) is 0 Å². The first-order valence-corrected chi connectivity index (χ1v) is 8.53. The molecule has 7 heteroatoms. The molecular formula is C20H23F2IN4. The van der Waals surface area contributed by atoms with Gasteiger partial charge in [-0.1, -0.05) is 18.2 Å². The van der Waals surface area contributed by atoms with Crippen LogP contribution >= 0.6 is 24.0 Å². The van der Waals surface area contributed by atoms with E-state index in [0.717, 1.165) is 29.8 Å². The lowest BCUT2D eigenvalue weighted by atomic mass is 10.1. The lowest BCUT2D eigenvalue weighted by Gasteiger charge is -2.12. The summed E-state index contributed by atoms with van der Waals surface area (Å²) in [6, 6.07) is 11.6. The van der Waals surface area contributed by atoms with Crippen LogP contribution in [0.25, 0.3) is 10.9 Å². The summed E-state index contributed by atoms with van der Waals surface area (Å²) >= 11 is 0. The molecule has 144 valence electrons. The molecule has 0 aliphatic carbocycles. The first-order chi connectivity index (χ1) is 12.6. The smallest absolute Gasteiger partial charge is 0.191 e. The summed E-state index contributed by atoms with van der Waals surface area (Å²) in [6.45, 7) is 2.90. The Balaban J connectivity index is 0.00000261. The van der Waals surface area contributed by atoms with Gasteiger partial charge in [-0.25, -0.2) is 8.78 Å². The summed E-state index contributed by atoms with van der Waals surface area (Å²) in [5, 5.41) is 7.44. The summed E-state index contributed by atoms with van der Waals surface area (Å²) in [5.74, 6) is -0.351. The van der Waals surface area contributed by atoms with Crippen molar-refractivity contribution in [1.82, 2.24) is 15.6 Å². The molecule has 3 N–H and O–H groups in total. The maximum atomic E-state index is 13.7. The van der Waals surface area contributed by atoms with E-state index in [-0.39, 0.29) is 36.1 Å². The van der Waals surface area contributed by atoms with E-state index >= 15 is 0 Å². The highest BCUT2D eigenvalue weighted by atomic mass is 127. The molecule has 0 atom stereocenters. The van der Waals surface area contributed by atoms with E-state index in [2.05, 4.69) is 39.7 Å². The highest BCUT2D eigenvalue weighted by Crippen LogP contribution is 2.21. The Labute approximate surface area is 174 Å². The minimum Gasteiger partial charge on any atom is -0.358 e. The van der Waals surface area contributed by atoms with E-state index in [0.29, 0.717) is 12.5 Å². The average molecular weight is 484 g/mol. The zero-order valence-electron chi connectivity index (χ0n) is 15.3. The summed E-state index contributed by atoms with van der Waals surface area (Å²) in [5.41, 5.74) is 3.81. The van der Waals surface area contributed by atoms with Gasteiger partial charge in [-0.15, -0.1) is 24.0 Å². The fourth-order valence-corrected chi connectivity index (χ4v) is 3.04. The third-order valence-corrected chi connectivity index (χ3v) is 4.37. The van der Waals surface area contributed by atoms with E-state index in [4.69, 9.17) is 0 Å². The van der Waals surface area contributed by atoms with Crippen LogP contribution in [0.5, 0.6) is 0 Å². The first-order valence-electron chi connectivity index (χ1n) is 8.53. The maximum absolute atomic E-state index is 13.7. The van der Waals surface area contributed by atoms with E-state index in [1.807, 2.05) is 12.1 Å². The molecule has 1 heterocycles. The molecule has 2 aromatic carbocycles. The molecule has 3 aromatic rings. The number of nitrogens with one attached hydrogen (secondary N) is 3. The van der Waals surface area contributed by atoms with Crippen LogP contribution in [-0.2, 0) is 13.0 Å². The topological polar surface area (TPSA) is 52.2 Å². The Morgan fingerprint density at radius 2 is 1.89 bits per heavy atom. The zero-order valence-corrected chi connectivity index (χ0v) is 17.6. The van der Waals surface area contributed by atoms with Crippen LogP contribution in [0.3, 0.4) is 0 Å². The van der Waals surface area contributed by atoms with Crippen LogP contribution in [-0.4, -0.2) is 24.5 Å². The number of fused-ring (bicyclic) bond motifs is 1. The minimum absolute atomic E-state index is 0. The summed E-state index contributed by atoms with van der Waals surface area (Å²) in [4.78, 5) is 7.52. The Hall–Kier alpha value is -2.16. The number of nitrogens with zero attached hydrogens (tertiary/aromatic N) is 1. The second-order valence-corrected chi connectivity index (χ2v) is 6.11. The van der Waals surface area contributed by atoms with Gasteiger partial charge in [0.1, 0.15) is 11.6 Å². The van der Waals surface area contributed by atoms with Crippen LogP contribution in [0.1, 0.15) is 16.8 Å². The van der Waals surface area contributed by atoms with Gasteiger partial charge < -0.3 is 15.6 Å². The molecule has 0 aliphatic heterocycles. The van der Waals surface area contributed by atoms with E-state index in [1.54, 1.807) is 7.05 Å². The predicted octanol–water partition coefficient (Wildman–Crippen LogP) is 4.28. The van der Waals surface area contributed by atoms with Gasteiger partial charge in [-0.2, -0.15) is 0 Å². The molecule has 0 radical (unpaired) electrons. The molecule has 0 aliphatic rings. The number of rotatable bonds is 5. The van der Waals surface area contributed by atoms with Gasteiger partial charge in [-0.05, 0) is 43.2 Å². The third-order valence-electron chi connectivity index (χ3n) is 4.37. The van der Waals surface area contributed by atoms with Crippen LogP contribution < -0.4 is 10.6 Å². The summed E-state index contributed by atoms with van der Waals surface area (Å²) in [7, 11) is 1.65. The number of aromatic nitrogens is 1. The molecule has 3 rings (SSSR count). The minimum atomic E-state index is -0.457. The van der Waals surface area contributed by atoms with Gasteiger partial charge in [0, 0.05) is 42.3 Å². The fraction of sp³-hybridized carbons (Fsp3) is 0.250. The van der Waals surface area contributed by atoms with Gasteiger partial charge >= 0.3 is 0 Å². The SMILES string of the molecule is CN=C(NCCc1c(C)[nH]c2ccccc12)NCc1cc(F)ccc1F.I. The zero-order chi connectivity index (χ0) is 18.5. The lowest BCUT2D eigenvalue weighted by Crippen LogP contribution is -2.38. The van der Waals surface area contributed by atoms with E-state index < -0.39 is 11.6 Å². The van der Waals surface area contributed by atoms with Crippen molar-refractivity contribution in [3.05, 3.63) is 70.9 Å². The Bertz CT molecular complexity index is 937. The number of aliphatic imine (C=N–C) groups is 1. The Morgan fingerprint density at radius 3 is 2.67 bits per heavy atom. The fourth-order valence-electron chi connectivity index (χ4n) is 3.04. The second-order valence-electron chi connectivity index (χ2n) is 6.11. The molecule has 4 nitrogen and oxygen atoms in total. The molecule has 0 saturated carbocycles. The van der Waals surface area contributed by atoms with Crippen LogP contribution in [0.4, 0.5) is 8.78 Å². The van der Waals surface area contributed by atoms with Gasteiger partial charge in [0.15, 0.2) is 5.96 Å². The van der Waals surface area contributed by atoms with Crippen molar-refractivity contribution < 1.29 is 8.78 Å². The summed E-state index contributed by atoms with van der Waals surface area (Å²) < 4.78 is 26.9. The predicted molar refractivity (Wildman–Crippen MR) is 117 cm³/mol. The molecule has 0 unspecified atom stereocenters. The highest BCUT2D eigenvalue weighted by Gasteiger charge is 2.08. The number of hydrogen-bond donors (Lipinski definition) is 3. The number of para-hydroxylation sites is 1. The van der Waals surface area contributed by atoms with Crippen molar-refractivity contribution in [2.75, 3.05) is 13.6 Å². The van der Waals surface area contributed by atoms with Crippen LogP contribution in [0, 0.1) is 18.6 Å². The maximum Gasteiger partial charge on any atom is 0.191 e. The second kappa shape index (κ2) is 9.68. The number of aryl methyl sites for hydroxylation is 1. The van der Waals surface area contributed by atoms with Crippen molar-refractivity contribution in [2.45, 2.75) is 19.9 Å². The number of halogens is 3. The van der Waals surface area contributed by atoms with Crippen LogP contribution in [0.2, 0.25) is 0 Å². The normalized spacial score (nSPS) is 11.3. The third kappa shape index (κ3) is 5.18. The molecular weight excluding hydrogens is 461 g/mol. The van der Waals surface area contributed by atoms with Crippen molar-refractivity contribution in [2.24, 2.45) is 4.99 Å². The van der Waals surface area contributed by atoms with Gasteiger partial charge in [-0.3, -0.25) is 4.99 Å². The largest absolute Gasteiger partial charge is 0.358 e. The first kappa shape index (κ1) is 21.1. The van der Waals surface area contributed by atoms with Crippen LogP contribution in [0.15, 0.2) is 47.5 Å². The standard InChI is InChI=1S/C20H22F2N4.HI/c1-13-16(17-5-3-4-6-19(17)26-13)9-10-24-20(23-2)25-12-14-11-15(21)7-8-18(14)22;/h3-8,11,26H,9-10,12H2,1-2H3,(H2,23,24,25);1H. The molecule has 0 fully saturated rings. The van der Waals surface area contributed by atoms with Crippen molar-refractivity contribution in [3.8, 4) is 0 Å². The molecule has 0 saturated heterocycles. The number of H-pyrrole nitrogens is 1. The summed E-state index contributed by atoms with van der Waals surface area (Å²) in [6.07, 6.45) is 0.824. The number of benzene rings is 2. The van der Waals surface area contributed by atoms with Gasteiger partial charge in [0.25, 0.3) is 0 Å². The van der Waals surface area contributed by atoms with Crippen molar-refractivity contribution in [1.29, 1.82) is 0 Å². The Morgan fingerprint density at radius 1 is 1.11 bits per heavy atom. The molecule has 0 spiro atoms. The van der Waals surface area contributed by atoms with Crippen molar-refractivity contribution in [3.63, 3.8) is 0 Å². The Kier molecular flexibility index (Phi) is 7.58. The monoisotopic (exact) mass is 484 g/mol. The highest BCUT2D eigenvalue weighted by molar-refractivity contribution is 14.0. The molecule has 0 amide bonds. The lowest BCUT2D eigenvalue weighted by molar-refractivity contribution is 0.581. The molecule has 27 heavy (non-hydrogen) atoms. The number of aromatic amines is 1. The number of hydrogen-bond acceptors (Lipinski definition) is 1.